The molecule has 0 bridgehead atoms. The molecule has 1 saturated carbocycles. The fraction of sp³-hybridized carbons (Fsp3) is 0.636. The zero-order valence-corrected chi connectivity index (χ0v) is 9.23. The summed E-state index contributed by atoms with van der Waals surface area (Å²) in [5.41, 5.74) is 0.937. The number of hydrogen-bond donors (Lipinski definition) is 1. The van der Waals surface area contributed by atoms with Gasteiger partial charge in [-0.2, -0.15) is 0 Å². The number of hydrogen-bond acceptors (Lipinski definition) is 4. The number of methoxy groups -OCH3 is 1. The van der Waals surface area contributed by atoms with Crippen LogP contribution in [0.4, 0.5) is 0 Å². The van der Waals surface area contributed by atoms with E-state index in [4.69, 9.17) is 4.74 Å². The van der Waals surface area contributed by atoms with Crippen molar-refractivity contribution in [1.29, 1.82) is 0 Å². The zero-order valence-electron chi connectivity index (χ0n) is 9.23. The summed E-state index contributed by atoms with van der Waals surface area (Å²) in [5.74, 6) is 1.32. The Labute approximate surface area is 90.1 Å². The second-order valence-corrected chi connectivity index (χ2v) is 3.91. The Morgan fingerprint density at radius 3 is 2.67 bits per heavy atom. The Balaban J connectivity index is 2.24. The third kappa shape index (κ3) is 1.95. The minimum atomic E-state index is 0.280. The first-order valence-electron chi connectivity index (χ1n) is 5.39. The summed E-state index contributed by atoms with van der Waals surface area (Å²) >= 11 is 0. The predicted octanol–water partition coefficient (Wildman–Crippen LogP) is 1.55. The van der Waals surface area contributed by atoms with Gasteiger partial charge in [0.25, 0.3) is 0 Å². The lowest BCUT2D eigenvalue weighted by molar-refractivity contribution is 0.229. The molecule has 0 aromatic carbocycles. The highest BCUT2D eigenvalue weighted by molar-refractivity contribution is 5.22. The van der Waals surface area contributed by atoms with E-state index in [1.54, 1.807) is 19.5 Å². The summed E-state index contributed by atoms with van der Waals surface area (Å²) in [4.78, 5) is 8.56. The number of ether oxygens (including phenoxy) is 1. The molecule has 1 fully saturated rings. The molecule has 0 amide bonds. The molecule has 1 aliphatic carbocycles. The van der Waals surface area contributed by atoms with E-state index in [9.17, 15) is 0 Å². The molecule has 4 heteroatoms. The Bertz CT molecular complexity index is 325. The monoisotopic (exact) mass is 207 g/mol. The van der Waals surface area contributed by atoms with Gasteiger partial charge < -0.3 is 10.1 Å². The molecule has 0 saturated heterocycles. The maximum absolute atomic E-state index is 5.23. The van der Waals surface area contributed by atoms with Crippen molar-refractivity contribution in [2.45, 2.75) is 25.3 Å². The van der Waals surface area contributed by atoms with E-state index in [0.717, 1.165) is 5.69 Å². The average Bonchev–Trinajstić information content (AvgIpc) is 2.23. The molecule has 0 spiro atoms. The van der Waals surface area contributed by atoms with Crippen LogP contribution in [-0.2, 0) is 0 Å². The third-order valence-electron chi connectivity index (χ3n) is 3.11. The standard InChI is InChI=1S/C11H17N3O/c1-12-9(8-4-3-5-8)10-11(15-2)14-7-6-13-10/h6-9,12H,3-5H2,1-2H3. The van der Waals surface area contributed by atoms with Crippen molar-refractivity contribution in [3.8, 4) is 5.88 Å². The predicted molar refractivity (Wildman–Crippen MR) is 57.7 cm³/mol. The minimum Gasteiger partial charge on any atom is -0.480 e. The topological polar surface area (TPSA) is 47.0 Å². The molecule has 1 aliphatic rings. The molecule has 2 rings (SSSR count). The van der Waals surface area contributed by atoms with Crippen LogP contribution in [0.5, 0.6) is 5.88 Å². The Hall–Kier alpha value is -1.16. The molecule has 1 unspecified atom stereocenters. The molecule has 1 N–H and O–H groups in total. The van der Waals surface area contributed by atoms with Crippen molar-refractivity contribution < 1.29 is 4.74 Å². The highest BCUT2D eigenvalue weighted by atomic mass is 16.5. The molecule has 1 aromatic heterocycles. The van der Waals surface area contributed by atoms with Gasteiger partial charge in [0.15, 0.2) is 0 Å². The summed E-state index contributed by atoms with van der Waals surface area (Å²) in [7, 11) is 3.61. The summed E-state index contributed by atoms with van der Waals surface area (Å²) < 4.78 is 5.23. The SMILES string of the molecule is CNC(c1nccnc1OC)C1CCC1. The summed E-state index contributed by atoms with van der Waals surface area (Å²) in [6, 6.07) is 0.280. The molecule has 0 radical (unpaired) electrons. The Morgan fingerprint density at radius 1 is 1.40 bits per heavy atom. The lowest BCUT2D eigenvalue weighted by Crippen LogP contribution is -2.31. The molecule has 0 aliphatic heterocycles. The molecule has 1 aromatic rings. The van der Waals surface area contributed by atoms with Gasteiger partial charge in [0.2, 0.25) is 5.88 Å². The number of nitrogens with zero attached hydrogens (tertiary/aromatic N) is 2. The minimum absolute atomic E-state index is 0.280. The van der Waals surface area contributed by atoms with Gasteiger partial charge in [-0.05, 0) is 25.8 Å². The highest BCUT2D eigenvalue weighted by Crippen LogP contribution is 2.38. The third-order valence-corrected chi connectivity index (χ3v) is 3.11. The fourth-order valence-corrected chi connectivity index (χ4v) is 2.08. The quantitative estimate of drug-likeness (QED) is 0.813. The van der Waals surface area contributed by atoms with Crippen LogP contribution in [0.15, 0.2) is 12.4 Å². The van der Waals surface area contributed by atoms with Gasteiger partial charge in [-0.3, -0.25) is 4.98 Å². The van der Waals surface area contributed by atoms with Gasteiger partial charge in [-0.1, -0.05) is 6.42 Å². The van der Waals surface area contributed by atoms with Crippen LogP contribution in [0.2, 0.25) is 0 Å². The van der Waals surface area contributed by atoms with Crippen LogP contribution in [0.3, 0.4) is 0 Å². The fourth-order valence-electron chi connectivity index (χ4n) is 2.08. The van der Waals surface area contributed by atoms with Crippen molar-refractivity contribution in [3.05, 3.63) is 18.1 Å². The molecular weight excluding hydrogens is 190 g/mol. The van der Waals surface area contributed by atoms with E-state index >= 15 is 0 Å². The van der Waals surface area contributed by atoms with Crippen LogP contribution < -0.4 is 10.1 Å². The molecule has 4 nitrogen and oxygen atoms in total. The molecule has 15 heavy (non-hydrogen) atoms. The maximum atomic E-state index is 5.23. The Kier molecular flexibility index (Phi) is 3.16. The Morgan fingerprint density at radius 2 is 2.13 bits per heavy atom. The van der Waals surface area contributed by atoms with Crippen molar-refractivity contribution in [3.63, 3.8) is 0 Å². The van der Waals surface area contributed by atoms with Crippen molar-refractivity contribution in [2.75, 3.05) is 14.2 Å². The maximum Gasteiger partial charge on any atom is 0.237 e. The van der Waals surface area contributed by atoms with E-state index in [0.29, 0.717) is 11.8 Å². The van der Waals surface area contributed by atoms with Crippen molar-refractivity contribution in [1.82, 2.24) is 15.3 Å². The largest absolute Gasteiger partial charge is 0.480 e. The van der Waals surface area contributed by atoms with Crippen LogP contribution in [0, 0.1) is 5.92 Å². The number of aromatic nitrogens is 2. The van der Waals surface area contributed by atoms with E-state index in [2.05, 4.69) is 15.3 Å². The number of rotatable bonds is 4. The van der Waals surface area contributed by atoms with E-state index in [1.807, 2.05) is 7.05 Å². The van der Waals surface area contributed by atoms with Gasteiger partial charge in [0, 0.05) is 12.4 Å². The van der Waals surface area contributed by atoms with Crippen molar-refractivity contribution >= 4 is 0 Å². The van der Waals surface area contributed by atoms with Gasteiger partial charge in [-0.25, -0.2) is 4.98 Å². The van der Waals surface area contributed by atoms with Crippen LogP contribution >= 0.6 is 0 Å². The molecular formula is C11H17N3O. The first-order valence-corrected chi connectivity index (χ1v) is 5.39. The van der Waals surface area contributed by atoms with Crippen molar-refractivity contribution in [2.24, 2.45) is 5.92 Å². The normalized spacial score (nSPS) is 18.3. The summed E-state index contributed by atoms with van der Waals surface area (Å²) in [6.07, 6.45) is 7.25. The summed E-state index contributed by atoms with van der Waals surface area (Å²) in [6.45, 7) is 0. The molecule has 1 heterocycles. The average molecular weight is 207 g/mol. The smallest absolute Gasteiger partial charge is 0.237 e. The lowest BCUT2D eigenvalue weighted by Gasteiger charge is -2.33. The second kappa shape index (κ2) is 4.57. The van der Waals surface area contributed by atoms with Crippen LogP contribution in [0.1, 0.15) is 31.0 Å². The lowest BCUT2D eigenvalue weighted by atomic mass is 9.78. The van der Waals surface area contributed by atoms with E-state index in [1.165, 1.54) is 19.3 Å². The first kappa shape index (κ1) is 10.4. The first-order chi connectivity index (χ1) is 7.36. The van der Waals surface area contributed by atoms with Gasteiger partial charge >= 0.3 is 0 Å². The van der Waals surface area contributed by atoms with E-state index < -0.39 is 0 Å². The van der Waals surface area contributed by atoms with Gasteiger partial charge in [-0.15, -0.1) is 0 Å². The van der Waals surface area contributed by atoms with Gasteiger partial charge in [0.1, 0.15) is 5.69 Å². The van der Waals surface area contributed by atoms with Gasteiger partial charge in [0.05, 0.1) is 13.2 Å². The second-order valence-electron chi connectivity index (χ2n) is 3.91. The zero-order chi connectivity index (χ0) is 10.7. The summed E-state index contributed by atoms with van der Waals surface area (Å²) in [5, 5.41) is 3.31. The van der Waals surface area contributed by atoms with Crippen LogP contribution in [0.25, 0.3) is 0 Å². The highest BCUT2D eigenvalue weighted by Gasteiger charge is 2.30. The molecule has 82 valence electrons. The molecule has 1 atom stereocenters. The van der Waals surface area contributed by atoms with Crippen LogP contribution in [-0.4, -0.2) is 24.1 Å². The van der Waals surface area contributed by atoms with E-state index in [-0.39, 0.29) is 6.04 Å². The number of nitrogens with one attached hydrogen (secondary N) is 1.